The first kappa shape index (κ1) is 18.3. The van der Waals surface area contributed by atoms with Gasteiger partial charge in [-0.2, -0.15) is 0 Å². The van der Waals surface area contributed by atoms with Crippen LogP contribution in [-0.2, 0) is 4.74 Å². The molecule has 7 nitrogen and oxygen atoms in total. The van der Waals surface area contributed by atoms with Gasteiger partial charge < -0.3 is 20.0 Å². The number of hydrogen-bond acceptors (Lipinski definition) is 4. The van der Waals surface area contributed by atoms with Gasteiger partial charge in [0.2, 0.25) is 0 Å². The van der Waals surface area contributed by atoms with Crippen molar-refractivity contribution in [3.05, 3.63) is 46.5 Å². The zero-order valence-electron chi connectivity index (χ0n) is 16.3. The number of hydrogen-bond donors (Lipinski definition) is 3. The highest BCUT2D eigenvalue weighted by Crippen LogP contribution is 2.35. The molecule has 3 N–H and O–H groups in total. The third-order valence-electron chi connectivity index (χ3n) is 5.39. The maximum absolute atomic E-state index is 12.8. The lowest BCUT2D eigenvalue weighted by molar-refractivity contribution is 0.0525. The summed E-state index contributed by atoms with van der Waals surface area (Å²) in [5.74, 6) is 0.834. The van der Waals surface area contributed by atoms with Crippen LogP contribution in [0.25, 0.3) is 11.0 Å². The van der Waals surface area contributed by atoms with E-state index >= 15 is 0 Å². The fourth-order valence-electron chi connectivity index (χ4n) is 3.66. The van der Waals surface area contributed by atoms with Gasteiger partial charge in [0, 0.05) is 17.3 Å². The number of aromatic amines is 2. The molecule has 3 aromatic rings. The fourth-order valence-corrected chi connectivity index (χ4v) is 3.66. The molecule has 2 heterocycles. The summed E-state index contributed by atoms with van der Waals surface area (Å²) in [6.07, 6.45) is 3.61. The zero-order valence-corrected chi connectivity index (χ0v) is 16.3. The van der Waals surface area contributed by atoms with E-state index in [0.717, 1.165) is 16.9 Å². The Morgan fingerprint density at radius 2 is 2.04 bits per heavy atom. The normalized spacial score (nSPS) is 14.1. The van der Waals surface area contributed by atoms with Crippen molar-refractivity contribution >= 4 is 28.6 Å². The molecule has 1 amide bonds. The minimum atomic E-state index is -0.421. The quantitative estimate of drug-likeness (QED) is 0.577. The van der Waals surface area contributed by atoms with E-state index in [9.17, 15) is 9.59 Å². The molecule has 146 valence electrons. The molecular formula is C21H24N4O3. The number of nitrogens with one attached hydrogen (secondary N) is 3. The van der Waals surface area contributed by atoms with Gasteiger partial charge in [-0.25, -0.2) is 9.78 Å². The molecule has 1 aliphatic rings. The highest BCUT2D eigenvalue weighted by Gasteiger charge is 2.24. The van der Waals surface area contributed by atoms with Gasteiger partial charge in [-0.15, -0.1) is 0 Å². The van der Waals surface area contributed by atoms with Crippen LogP contribution >= 0.6 is 0 Å². The second-order valence-corrected chi connectivity index (χ2v) is 7.28. The first-order chi connectivity index (χ1) is 13.5. The lowest BCUT2D eigenvalue weighted by Crippen LogP contribution is -2.14. The van der Waals surface area contributed by atoms with E-state index in [1.165, 1.54) is 19.3 Å². The van der Waals surface area contributed by atoms with Crippen LogP contribution < -0.4 is 5.32 Å². The van der Waals surface area contributed by atoms with E-state index in [-0.39, 0.29) is 12.5 Å². The molecule has 7 heteroatoms. The molecular weight excluding hydrogens is 356 g/mol. The van der Waals surface area contributed by atoms with Gasteiger partial charge in [0.1, 0.15) is 11.5 Å². The molecule has 0 atom stereocenters. The smallest absolute Gasteiger partial charge is 0.340 e. The molecule has 0 bridgehead atoms. The topological polar surface area (TPSA) is 99.9 Å². The first-order valence-corrected chi connectivity index (χ1v) is 9.65. The van der Waals surface area contributed by atoms with E-state index in [2.05, 4.69) is 20.3 Å². The van der Waals surface area contributed by atoms with E-state index in [4.69, 9.17) is 4.74 Å². The number of H-pyrrole nitrogens is 2. The number of fused-ring (bicyclic) bond motifs is 1. The summed E-state index contributed by atoms with van der Waals surface area (Å²) < 4.78 is 5.08. The molecule has 0 spiro atoms. The Labute approximate surface area is 162 Å². The summed E-state index contributed by atoms with van der Waals surface area (Å²) >= 11 is 0. The predicted molar refractivity (Wildman–Crippen MR) is 107 cm³/mol. The number of amides is 1. The van der Waals surface area contributed by atoms with E-state index in [1.54, 1.807) is 20.8 Å². The van der Waals surface area contributed by atoms with Gasteiger partial charge >= 0.3 is 5.97 Å². The fraction of sp³-hybridized carbons (Fsp3) is 0.381. The SMILES string of the molecule is CCOC(=O)c1c(C)[nH]c(C(=O)Nc2ccc3nc(C4CCC4)[nH]c3c2)c1C. The summed E-state index contributed by atoms with van der Waals surface area (Å²) in [5.41, 5.74) is 4.47. The number of nitrogens with zero attached hydrogens (tertiary/aromatic N) is 1. The summed E-state index contributed by atoms with van der Waals surface area (Å²) in [6.45, 7) is 5.55. The van der Waals surface area contributed by atoms with Crippen molar-refractivity contribution in [1.82, 2.24) is 15.0 Å². The molecule has 1 aliphatic carbocycles. The standard InChI is InChI=1S/C21H24N4O3/c1-4-28-21(27)17-11(2)18(22-12(17)3)20(26)23-14-8-9-15-16(10-14)25-19(24-15)13-6-5-7-13/h8-10,13,22H,4-7H2,1-3H3,(H,23,26)(H,24,25). The molecule has 1 aromatic carbocycles. The molecule has 0 saturated heterocycles. The minimum Gasteiger partial charge on any atom is -0.462 e. The van der Waals surface area contributed by atoms with Crippen LogP contribution in [0.3, 0.4) is 0 Å². The Kier molecular flexibility index (Phi) is 4.66. The summed E-state index contributed by atoms with van der Waals surface area (Å²) in [6, 6.07) is 5.63. The third kappa shape index (κ3) is 3.17. The maximum atomic E-state index is 12.8. The first-order valence-electron chi connectivity index (χ1n) is 9.65. The average Bonchev–Trinajstić information content (AvgIpc) is 3.13. The monoisotopic (exact) mass is 380 g/mol. The number of benzene rings is 1. The molecule has 0 radical (unpaired) electrons. The number of carbonyl (C=O) groups excluding carboxylic acids is 2. The molecule has 0 unspecified atom stereocenters. The van der Waals surface area contributed by atoms with Crippen LogP contribution in [0.15, 0.2) is 18.2 Å². The Balaban J connectivity index is 1.56. The van der Waals surface area contributed by atoms with Crippen molar-refractivity contribution in [3.63, 3.8) is 0 Å². The van der Waals surface area contributed by atoms with Crippen molar-refractivity contribution in [2.75, 3.05) is 11.9 Å². The largest absolute Gasteiger partial charge is 0.462 e. The van der Waals surface area contributed by atoms with Gasteiger partial charge in [0.15, 0.2) is 0 Å². The maximum Gasteiger partial charge on any atom is 0.340 e. The lowest BCUT2D eigenvalue weighted by atomic mass is 9.85. The third-order valence-corrected chi connectivity index (χ3v) is 5.39. The van der Waals surface area contributed by atoms with Crippen LogP contribution in [-0.4, -0.2) is 33.4 Å². The van der Waals surface area contributed by atoms with Crippen molar-refractivity contribution < 1.29 is 14.3 Å². The molecule has 1 saturated carbocycles. The van der Waals surface area contributed by atoms with Crippen molar-refractivity contribution in [2.24, 2.45) is 0 Å². The number of rotatable bonds is 5. The zero-order chi connectivity index (χ0) is 19.8. The number of aryl methyl sites for hydroxylation is 1. The van der Waals surface area contributed by atoms with Crippen molar-refractivity contribution in [3.8, 4) is 0 Å². The summed E-state index contributed by atoms with van der Waals surface area (Å²) in [7, 11) is 0. The van der Waals surface area contributed by atoms with Gasteiger partial charge in [-0.1, -0.05) is 6.42 Å². The number of esters is 1. The van der Waals surface area contributed by atoms with Crippen LogP contribution in [0.2, 0.25) is 0 Å². The van der Waals surface area contributed by atoms with E-state index in [0.29, 0.717) is 34.1 Å². The molecule has 0 aliphatic heterocycles. The van der Waals surface area contributed by atoms with Crippen LogP contribution in [0, 0.1) is 13.8 Å². The number of aromatic nitrogens is 3. The molecule has 2 aromatic heterocycles. The van der Waals surface area contributed by atoms with Crippen molar-refractivity contribution in [1.29, 1.82) is 0 Å². The Hall–Kier alpha value is -3.09. The van der Waals surface area contributed by atoms with Crippen LogP contribution in [0.5, 0.6) is 0 Å². The van der Waals surface area contributed by atoms with E-state index in [1.807, 2.05) is 18.2 Å². The van der Waals surface area contributed by atoms with Gasteiger partial charge in [-0.3, -0.25) is 4.79 Å². The Morgan fingerprint density at radius 3 is 2.71 bits per heavy atom. The van der Waals surface area contributed by atoms with Crippen molar-refractivity contribution in [2.45, 2.75) is 46.0 Å². The second kappa shape index (κ2) is 7.14. The number of imidazole rings is 1. The summed E-state index contributed by atoms with van der Waals surface area (Å²) in [5, 5.41) is 2.90. The highest BCUT2D eigenvalue weighted by atomic mass is 16.5. The predicted octanol–water partition coefficient (Wildman–Crippen LogP) is 4.20. The van der Waals surface area contributed by atoms with Gasteiger partial charge in [0.05, 0.1) is 23.2 Å². The number of carbonyl (C=O) groups is 2. The van der Waals surface area contributed by atoms with Crippen LogP contribution in [0.1, 0.15) is 70.0 Å². The minimum absolute atomic E-state index is 0.289. The Bertz CT molecular complexity index is 1060. The van der Waals surface area contributed by atoms with Crippen LogP contribution in [0.4, 0.5) is 5.69 Å². The number of anilines is 1. The van der Waals surface area contributed by atoms with E-state index < -0.39 is 5.97 Å². The molecule has 1 fully saturated rings. The van der Waals surface area contributed by atoms with Gasteiger partial charge in [-0.05, 0) is 57.4 Å². The highest BCUT2D eigenvalue weighted by molar-refractivity contribution is 6.07. The summed E-state index contributed by atoms with van der Waals surface area (Å²) in [4.78, 5) is 35.9. The second-order valence-electron chi connectivity index (χ2n) is 7.28. The molecule has 4 rings (SSSR count). The average molecular weight is 380 g/mol. The molecule has 28 heavy (non-hydrogen) atoms. The Morgan fingerprint density at radius 1 is 1.25 bits per heavy atom. The lowest BCUT2D eigenvalue weighted by Gasteiger charge is -2.22. The van der Waals surface area contributed by atoms with Gasteiger partial charge in [0.25, 0.3) is 5.91 Å². The number of ether oxygens (including phenoxy) is 1.